The molecule has 1 aromatic heterocycles. The SMILES string of the molecule is CCOC(=O)C1=C(C)NC(C)=C(C(=O)OCC)C1c1ccccc1-c1nc(-c2ccc(Br)cc2)cs1. The van der Waals surface area contributed by atoms with Crippen molar-refractivity contribution in [3.63, 3.8) is 0 Å². The van der Waals surface area contributed by atoms with Gasteiger partial charge in [0.15, 0.2) is 0 Å². The second-order valence-corrected chi connectivity index (χ2v) is 9.98. The first-order valence-corrected chi connectivity index (χ1v) is 13.4. The molecule has 0 radical (unpaired) electrons. The van der Waals surface area contributed by atoms with Crippen LogP contribution in [0.3, 0.4) is 0 Å². The summed E-state index contributed by atoms with van der Waals surface area (Å²) in [5.74, 6) is -1.60. The van der Waals surface area contributed by atoms with Crippen LogP contribution in [0.2, 0.25) is 0 Å². The summed E-state index contributed by atoms with van der Waals surface area (Å²) < 4.78 is 11.8. The number of nitrogens with zero attached hydrogens (tertiary/aromatic N) is 1. The van der Waals surface area contributed by atoms with E-state index in [1.807, 2.05) is 67.8 Å². The molecule has 36 heavy (non-hydrogen) atoms. The van der Waals surface area contributed by atoms with Gasteiger partial charge in [0.2, 0.25) is 0 Å². The Morgan fingerprint density at radius 1 is 0.944 bits per heavy atom. The number of ether oxygens (including phenoxy) is 2. The smallest absolute Gasteiger partial charge is 0.336 e. The van der Waals surface area contributed by atoms with Gasteiger partial charge < -0.3 is 14.8 Å². The Balaban J connectivity index is 1.87. The van der Waals surface area contributed by atoms with Gasteiger partial charge in [-0.2, -0.15) is 0 Å². The highest BCUT2D eigenvalue weighted by atomic mass is 79.9. The van der Waals surface area contributed by atoms with Crippen molar-refractivity contribution in [2.24, 2.45) is 0 Å². The first-order valence-electron chi connectivity index (χ1n) is 11.7. The molecular formula is C28H27BrN2O4S. The lowest BCUT2D eigenvalue weighted by Crippen LogP contribution is -2.32. The third-order valence-electron chi connectivity index (χ3n) is 5.90. The lowest BCUT2D eigenvalue weighted by Gasteiger charge is -2.31. The Hall–Kier alpha value is -3.23. The Morgan fingerprint density at radius 2 is 1.53 bits per heavy atom. The maximum absolute atomic E-state index is 13.2. The summed E-state index contributed by atoms with van der Waals surface area (Å²) in [6, 6.07) is 15.7. The molecule has 3 aromatic rings. The molecule has 2 aromatic carbocycles. The Bertz CT molecular complexity index is 1320. The van der Waals surface area contributed by atoms with Gasteiger partial charge in [0.05, 0.1) is 36.0 Å². The first kappa shape index (κ1) is 25.9. The van der Waals surface area contributed by atoms with Crippen molar-refractivity contribution in [2.75, 3.05) is 13.2 Å². The van der Waals surface area contributed by atoms with Crippen LogP contribution < -0.4 is 5.32 Å². The minimum Gasteiger partial charge on any atom is -0.463 e. The molecule has 0 atom stereocenters. The minimum atomic E-state index is -0.666. The number of allylic oxidation sites excluding steroid dienone is 2. The van der Waals surface area contributed by atoms with Gasteiger partial charge in [0.1, 0.15) is 5.01 Å². The molecule has 0 unspecified atom stereocenters. The zero-order chi connectivity index (χ0) is 25.8. The number of nitrogens with one attached hydrogen (secondary N) is 1. The van der Waals surface area contributed by atoms with Crippen LogP contribution in [0.4, 0.5) is 0 Å². The number of benzene rings is 2. The number of thiazole rings is 1. The highest BCUT2D eigenvalue weighted by molar-refractivity contribution is 9.10. The number of esters is 2. The van der Waals surface area contributed by atoms with E-state index in [9.17, 15) is 9.59 Å². The van der Waals surface area contributed by atoms with E-state index < -0.39 is 17.9 Å². The molecule has 186 valence electrons. The summed E-state index contributed by atoms with van der Waals surface area (Å²) in [6.45, 7) is 7.62. The highest BCUT2D eigenvalue weighted by Gasteiger charge is 2.39. The molecule has 1 aliphatic heterocycles. The van der Waals surface area contributed by atoms with E-state index in [-0.39, 0.29) is 13.2 Å². The van der Waals surface area contributed by atoms with E-state index >= 15 is 0 Å². The van der Waals surface area contributed by atoms with Crippen molar-refractivity contribution in [3.05, 3.63) is 86.5 Å². The third-order valence-corrected chi connectivity index (χ3v) is 7.30. The van der Waals surface area contributed by atoms with Gasteiger partial charge in [-0.25, -0.2) is 14.6 Å². The van der Waals surface area contributed by atoms with Crippen molar-refractivity contribution in [1.82, 2.24) is 10.3 Å². The van der Waals surface area contributed by atoms with Gasteiger partial charge in [0.25, 0.3) is 0 Å². The Morgan fingerprint density at radius 3 is 2.11 bits per heavy atom. The fraction of sp³-hybridized carbons (Fsp3) is 0.250. The molecule has 1 N–H and O–H groups in total. The van der Waals surface area contributed by atoms with Gasteiger partial charge in [-0.15, -0.1) is 11.3 Å². The molecule has 0 saturated heterocycles. The normalized spacial score (nSPS) is 14.0. The molecule has 0 bridgehead atoms. The van der Waals surface area contributed by atoms with Crippen LogP contribution >= 0.6 is 27.3 Å². The standard InChI is InChI=1S/C28H27BrN2O4S/c1-5-34-27(32)23-16(3)30-17(4)24(28(33)35-6-2)25(23)20-9-7-8-10-21(20)26-31-22(15-36-26)18-11-13-19(29)14-12-18/h7-15,25,30H,5-6H2,1-4H3. The minimum absolute atomic E-state index is 0.227. The number of carbonyl (C=O) groups excluding carboxylic acids is 2. The first-order chi connectivity index (χ1) is 17.3. The van der Waals surface area contributed by atoms with E-state index in [1.54, 1.807) is 13.8 Å². The largest absolute Gasteiger partial charge is 0.463 e. The molecule has 0 amide bonds. The molecule has 0 aliphatic carbocycles. The van der Waals surface area contributed by atoms with Crippen LogP contribution in [0, 0.1) is 0 Å². The van der Waals surface area contributed by atoms with Gasteiger partial charge in [-0.3, -0.25) is 0 Å². The summed E-state index contributed by atoms with van der Waals surface area (Å²) in [6.07, 6.45) is 0. The van der Waals surface area contributed by atoms with Crippen LogP contribution in [-0.4, -0.2) is 30.1 Å². The molecule has 0 spiro atoms. The number of aromatic nitrogens is 1. The van der Waals surface area contributed by atoms with Crippen molar-refractivity contribution in [3.8, 4) is 21.8 Å². The van der Waals surface area contributed by atoms with E-state index in [0.29, 0.717) is 22.5 Å². The summed E-state index contributed by atoms with van der Waals surface area (Å²) >= 11 is 4.99. The van der Waals surface area contributed by atoms with E-state index in [2.05, 4.69) is 21.2 Å². The lowest BCUT2D eigenvalue weighted by atomic mass is 9.78. The average Bonchev–Trinajstić information content (AvgIpc) is 3.34. The van der Waals surface area contributed by atoms with E-state index in [1.165, 1.54) is 11.3 Å². The van der Waals surface area contributed by atoms with Crippen LogP contribution in [-0.2, 0) is 19.1 Å². The van der Waals surface area contributed by atoms with Crippen molar-refractivity contribution >= 4 is 39.2 Å². The topological polar surface area (TPSA) is 77.5 Å². The fourth-order valence-electron chi connectivity index (χ4n) is 4.36. The van der Waals surface area contributed by atoms with Gasteiger partial charge in [0, 0.05) is 32.4 Å². The second-order valence-electron chi connectivity index (χ2n) is 8.21. The number of halogens is 1. The van der Waals surface area contributed by atoms with Crippen LogP contribution in [0.15, 0.2) is 80.9 Å². The van der Waals surface area contributed by atoms with E-state index in [4.69, 9.17) is 14.5 Å². The monoisotopic (exact) mass is 566 g/mol. The molecule has 6 nitrogen and oxygen atoms in total. The molecule has 0 saturated carbocycles. The van der Waals surface area contributed by atoms with Crippen molar-refractivity contribution in [2.45, 2.75) is 33.6 Å². The van der Waals surface area contributed by atoms with Gasteiger partial charge >= 0.3 is 11.9 Å². The molecule has 1 aliphatic rings. The number of hydrogen-bond donors (Lipinski definition) is 1. The summed E-state index contributed by atoms with van der Waals surface area (Å²) in [7, 11) is 0. The molecule has 8 heteroatoms. The van der Waals surface area contributed by atoms with Crippen LogP contribution in [0.5, 0.6) is 0 Å². The van der Waals surface area contributed by atoms with Crippen LogP contribution in [0.1, 0.15) is 39.2 Å². The number of carbonyl (C=O) groups is 2. The molecule has 4 rings (SSSR count). The predicted molar refractivity (Wildman–Crippen MR) is 145 cm³/mol. The Labute approximate surface area is 223 Å². The molecule has 0 fully saturated rings. The number of hydrogen-bond acceptors (Lipinski definition) is 7. The lowest BCUT2D eigenvalue weighted by molar-refractivity contribution is -0.139. The van der Waals surface area contributed by atoms with Crippen LogP contribution in [0.25, 0.3) is 21.8 Å². The summed E-state index contributed by atoms with van der Waals surface area (Å²) in [5.41, 5.74) is 5.58. The molecular weight excluding hydrogens is 540 g/mol. The highest BCUT2D eigenvalue weighted by Crippen LogP contribution is 2.44. The molecule has 2 heterocycles. The predicted octanol–water partition coefficient (Wildman–Crippen LogP) is 6.60. The van der Waals surface area contributed by atoms with Gasteiger partial charge in [-0.1, -0.05) is 52.3 Å². The average molecular weight is 568 g/mol. The van der Waals surface area contributed by atoms with Gasteiger partial charge in [-0.05, 0) is 45.4 Å². The van der Waals surface area contributed by atoms with E-state index in [0.717, 1.165) is 31.9 Å². The zero-order valence-corrected chi connectivity index (χ0v) is 23.0. The van der Waals surface area contributed by atoms with Crippen molar-refractivity contribution < 1.29 is 19.1 Å². The second kappa shape index (κ2) is 11.2. The Kier molecular flexibility index (Phi) is 8.06. The third kappa shape index (κ3) is 5.15. The fourth-order valence-corrected chi connectivity index (χ4v) is 5.50. The summed E-state index contributed by atoms with van der Waals surface area (Å²) in [5, 5.41) is 6.00. The summed E-state index contributed by atoms with van der Waals surface area (Å²) in [4.78, 5) is 31.3. The zero-order valence-electron chi connectivity index (χ0n) is 20.6. The van der Waals surface area contributed by atoms with Crippen molar-refractivity contribution in [1.29, 1.82) is 0 Å². The quantitative estimate of drug-likeness (QED) is 0.324. The maximum Gasteiger partial charge on any atom is 0.336 e. The maximum atomic E-state index is 13.2. The number of rotatable bonds is 7. The number of dihydropyridines is 1.